The number of ether oxygens (including phenoxy) is 1. The number of unbranched alkanes of at least 4 members (excludes halogenated alkanes) is 1. The van der Waals surface area contributed by atoms with Crippen molar-refractivity contribution in [3.05, 3.63) is 118 Å². The van der Waals surface area contributed by atoms with E-state index in [4.69, 9.17) is 16.3 Å². The van der Waals surface area contributed by atoms with Crippen LogP contribution in [-0.4, -0.2) is 34.3 Å². The number of halogens is 1. The predicted molar refractivity (Wildman–Crippen MR) is 177 cm³/mol. The molecule has 2 fully saturated rings. The Morgan fingerprint density at radius 2 is 1.64 bits per heavy atom. The molecule has 0 saturated heterocycles. The smallest absolute Gasteiger partial charge is 0.261 e. The average Bonchev–Trinajstić information content (AvgIpc) is 4.01. The van der Waals surface area contributed by atoms with Crippen LogP contribution in [0.3, 0.4) is 0 Å². The number of para-hydroxylation sites is 1. The normalized spacial score (nSPS) is 17.3. The van der Waals surface area contributed by atoms with Crippen LogP contribution in [0.15, 0.2) is 85.2 Å². The van der Waals surface area contributed by atoms with Gasteiger partial charge in [0.15, 0.2) is 0 Å². The minimum atomic E-state index is -0.180. The summed E-state index contributed by atoms with van der Waals surface area (Å²) in [5, 5.41) is 4.62. The summed E-state index contributed by atoms with van der Waals surface area (Å²) in [5.74, 6) is 0.907. The largest absolute Gasteiger partial charge is 0.490 e. The first-order valence-electron chi connectivity index (χ1n) is 16.1. The van der Waals surface area contributed by atoms with E-state index < -0.39 is 0 Å². The summed E-state index contributed by atoms with van der Waals surface area (Å²) in [7, 11) is 0. The van der Waals surface area contributed by atoms with Crippen LogP contribution in [-0.2, 0) is 12.1 Å². The average molecular weight is 620 g/mol. The molecule has 2 saturated carbocycles. The van der Waals surface area contributed by atoms with Crippen molar-refractivity contribution < 1.29 is 14.3 Å². The number of amides is 2. The van der Waals surface area contributed by atoms with E-state index >= 15 is 0 Å². The van der Waals surface area contributed by atoms with E-state index in [1.165, 1.54) is 21.6 Å². The van der Waals surface area contributed by atoms with Gasteiger partial charge >= 0.3 is 0 Å². The van der Waals surface area contributed by atoms with Crippen LogP contribution in [0.5, 0.6) is 5.75 Å². The van der Waals surface area contributed by atoms with Crippen molar-refractivity contribution in [2.24, 2.45) is 0 Å². The van der Waals surface area contributed by atoms with Gasteiger partial charge in [0.2, 0.25) is 0 Å². The first kappa shape index (κ1) is 29.7. The van der Waals surface area contributed by atoms with Crippen LogP contribution in [0, 0.1) is 0 Å². The molecule has 0 radical (unpaired) electrons. The Hall–Kier alpha value is -4.00. The van der Waals surface area contributed by atoms with Gasteiger partial charge in [-0.25, -0.2) is 0 Å². The number of pyridine rings is 1. The molecule has 2 amide bonds. The number of rotatable bonds is 13. The topological polar surface area (TPSA) is 71.5 Å². The van der Waals surface area contributed by atoms with Gasteiger partial charge in [-0.3, -0.25) is 19.5 Å². The number of carbonyl (C=O) groups excluding carboxylic acids is 2. The second kappa shape index (κ2) is 12.4. The van der Waals surface area contributed by atoms with Gasteiger partial charge in [-0.1, -0.05) is 67.4 Å². The van der Waals surface area contributed by atoms with Crippen molar-refractivity contribution in [2.45, 2.75) is 76.0 Å². The highest BCUT2D eigenvalue weighted by molar-refractivity contribution is 6.31. The standard InChI is InChI=1S/C38H38ClN3O3/c1-25(8-6-7-21-42-36(43)31-10-2-3-11-32(31)37(42)44)26-13-16-34(39)27(22-26)23-41-38(18-19-38)33-24-40-20-17-29(33)30-9-4-5-12-35(30)45-28-14-15-28/h2-5,9-13,16-17,20,22,24-25,28,41H,6-8,14-15,18-19,21,23H2,1H3. The van der Waals surface area contributed by atoms with E-state index in [2.05, 4.69) is 53.6 Å². The number of fused-ring (bicyclic) bond motifs is 1. The summed E-state index contributed by atoms with van der Waals surface area (Å²) in [6.07, 6.45) is 11.2. The lowest BCUT2D eigenvalue weighted by Crippen LogP contribution is -2.30. The predicted octanol–water partition coefficient (Wildman–Crippen LogP) is 8.29. The number of hydrogen-bond acceptors (Lipinski definition) is 5. The lowest BCUT2D eigenvalue weighted by atomic mass is 9.93. The molecule has 45 heavy (non-hydrogen) atoms. The molecule has 2 aliphatic carbocycles. The summed E-state index contributed by atoms with van der Waals surface area (Å²) < 4.78 is 6.27. The van der Waals surface area contributed by atoms with Gasteiger partial charge in [-0.15, -0.1) is 0 Å². The molecule has 1 aromatic heterocycles. The third-order valence-electron chi connectivity index (χ3n) is 9.48. The van der Waals surface area contributed by atoms with Crippen molar-refractivity contribution >= 4 is 23.4 Å². The molecule has 7 rings (SSSR count). The number of nitrogens with zero attached hydrogens (tertiary/aromatic N) is 2. The molecule has 1 atom stereocenters. The lowest BCUT2D eigenvalue weighted by molar-refractivity contribution is 0.0651. The van der Waals surface area contributed by atoms with Gasteiger partial charge in [0.25, 0.3) is 11.8 Å². The van der Waals surface area contributed by atoms with Gasteiger partial charge in [0, 0.05) is 41.6 Å². The molecular formula is C38H38ClN3O3. The fraction of sp³-hybridized carbons (Fsp3) is 0.342. The molecule has 2 heterocycles. The van der Waals surface area contributed by atoms with E-state index in [0.717, 1.165) is 66.8 Å². The minimum absolute atomic E-state index is 0.147. The Kier molecular flexibility index (Phi) is 8.19. The first-order chi connectivity index (χ1) is 21.9. The third kappa shape index (κ3) is 6.14. The fourth-order valence-corrected chi connectivity index (χ4v) is 6.65. The number of imide groups is 1. The fourth-order valence-electron chi connectivity index (χ4n) is 6.46. The van der Waals surface area contributed by atoms with Crippen molar-refractivity contribution in [3.63, 3.8) is 0 Å². The van der Waals surface area contributed by atoms with Crippen molar-refractivity contribution in [1.29, 1.82) is 0 Å². The molecular weight excluding hydrogens is 582 g/mol. The van der Waals surface area contributed by atoms with Gasteiger partial charge in [0.05, 0.1) is 17.2 Å². The maximum absolute atomic E-state index is 12.7. The van der Waals surface area contributed by atoms with Crippen LogP contribution in [0.4, 0.5) is 0 Å². The van der Waals surface area contributed by atoms with Crippen LogP contribution in [0.25, 0.3) is 11.1 Å². The number of hydrogen-bond donors (Lipinski definition) is 1. The quantitative estimate of drug-likeness (QED) is 0.120. The number of carbonyl (C=O) groups is 2. The highest BCUT2D eigenvalue weighted by Crippen LogP contribution is 2.50. The van der Waals surface area contributed by atoms with Crippen molar-refractivity contribution in [1.82, 2.24) is 15.2 Å². The molecule has 230 valence electrons. The second-order valence-corrected chi connectivity index (χ2v) is 13.1. The Balaban J connectivity index is 0.984. The highest BCUT2D eigenvalue weighted by atomic mass is 35.5. The molecule has 1 N–H and O–H groups in total. The summed E-state index contributed by atoms with van der Waals surface area (Å²) >= 11 is 6.73. The molecule has 7 heteroatoms. The first-order valence-corrected chi connectivity index (χ1v) is 16.5. The molecule has 3 aliphatic rings. The zero-order chi connectivity index (χ0) is 31.0. The Bertz CT molecular complexity index is 1710. The van der Waals surface area contributed by atoms with Crippen LogP contribution in [0.2, 0.25) is 5.02 Å². The van der Waals surface area contributed by atoms with Crippen molar-refractivity contribution in [3.8, 4) is 16.9 Å². The zero-order valence-electron chi connectivity index (χ0n) is 25.6. The molecule has 4 aromatic rings. The Labute approximate surface area is 269 Å². The Morgan fingerprint density at radius 1 is 0.933 bits per heavy atom. The van der Waals surface area contributed by atoms with Crippen LogP contribution >= 0.6 is 11.6 Å². The van der Waals surface area contributed by atoms with Gasteiger partial charge in [-0.2, -0.15) is 0 Å². The van der Waals surface area contributed by atoms with E-state index in [0.29, 0.717) is 36.2 Å². The Morgan fingerprint density at radius 3 is 2.36 bits per heavy atom. The van der Waals surface area contributed by atoms with E-state index in [1.807, 2.05) is 24.5 Å². The summed E-state index contributed by atoms with van der Waals surface area (Å²) in [6, 6.07) is 23.8. The van der Waals surface area contributed by atoms with E-state index in [9.17, 15) is 9.59 Å². The molecule has 1 aliphatic heterocycles. The highest BCUT2D eigenvalue weighted by Gasteiger charge is 2.46. The summed E-state index contributed by atoms with van der Waals surface area (Å²) in [6.45, 7) is 3.34. The van der Waals surface area contributed by atoms with Crippen LogP contribution in [0.1, 0.15) is 95.2 Å². The lowest BCUT2D eigenvalue weighted by Gasteiger charge is -2.23. The maximum Gasteiger partial charge on any atom is 0.261 e. The molecule has 3 aromatic carbocycles. The van der Waals surface area contributed by atoms with E-state index in [1.54, 1.807) is 24.3 Å². The second-order valence-electron chi connectivity index (χ2n) is 12.7. The molecule has 6 nitrogen and oxygen atoms in total. The minimum Gasteiger partial charge on any atom is -0.490 e. The molecule has 1 unspecified atom stereocenters. The van der Waals surface area contributed by atoms with Crippen LogP contribution < -0.4 is 10.1 Å². The monoisotopic (exact) mass is 619 g/mol. The van der Waals surface area contributed by atoms with E-state index in [-0.39, 0.29) is 17.4 Å². The molecule has 0 bridgehead atoms. The maximum atomic E-state index is 12.7. The summed E-state index contributed by atoms with van der Waals surface area (Å²) in [5.41, 5.74) is 6.70. The molecule has 0 spiro atoms. The van der Waals surface area contributed by atoms with Gasteiger partial charge < -0.3 is 10.1 Å². The zero-order valence-corrected chi connectivity index (χ0v) is 26.4. The SMILES string of the molecule is CC(CCCCN1C(=O)c2ccccc2C1=O)c1ccc(Cl)c(CNC2(c3cnccc3-c3ccccc3OC3CC3)CC2)c1. The number of nitrogens with one attached hydrogen (secondary N) is 1. The van der Waals surface area contributed by atoms with Gasteiger partial charge in [0.1, 0.15) is 5.75 Å². The summed E-state index contributed by atoms with van der Waals surface area (Å²) in [4.78, 5) is 31.3. The van der Waals surface area contributed by atoms with Crippen molar-refractivity contribution in [2.75, 3.05) is 6.54 Å². The van der Waals surface area contributed by atoms with Gasteiger partial charge in [-0.05, 0) is 97.0 Å². The third-order valence-corrected chi connectivity index (χ3v) is 9.85. The number of benzene rings is 3. The number of aromatic nitrogens is 1.